The highest BCUT2D eigenvalue weighted by Crippen LogP contribution is 2.29. The van der Waals surface area contributed by atoms with E-state index in [0.29, 0.717) is 18.2 Å². The molecule has 140 valence electrons. The molecule has 0 bridgehead atoms. The molecule has 0 aliphatic carbocycles. The number of nitrogens with two attached hydrogens (primary N) is 1. The maximum absolute atomic E-state index is 12.6. The lowest BCUT2D eigenvalue weighted by Crippen LogP contribution is -2.36. The summed E-state index contributed by atoms with van der Waals surface area (Å²) < 4.78 is 28.0. The SMILES string of the molecule is CN1CCC(CNS(=O)(=O)c2ccc(-c3ccc(N)cc3)cc2Cl)CC1. The van der Waals surface area contributed by atoms with Gasteiger partial charge < -0.3 is 10.6 Å². The van der Waals surface area contributed by atoms with Gasteiger partial charge in [0, 0.05) is 12.2 Å². The molecule has 0 spiro atoms. The number of nitrogen functional groups attached to an aromatic ring is 1. The van der Waals surface area contributed by atoms with Gasteiger partial charge in [-0.15, -0.1) is 0 Å². The lowest BCUT2D eigenvalue weighted by molar-refractivity contribution is 0.220. The molecule has 1 heterocycles. The second-order valence-corrected chi connectivity index (χ2v) is 9.01. The average Bonchev–Trinajstić information content (AvgIpc) is 2.61. The molecule has 1 aliphatic rings. The molecule has 1 aliphatic heterocycles. The van der Waals surface area contributed by atoms with Crippen LogP contribution >= 0.6 is 11.6 Å². The summed E-state index contributed by atoms with van der Waals surface area (Å²) in [6, 6.07) is 12.4. The van der Waals surface area contributed by atoms with Crippen LogP contribution in [0.3, 0.4) is 0 Å². The van der Waals surface area contributed by atoms with Crippen LogP contribution in [0.15, 0.2) is 47.4 Å². The van der Waals surface area contributed by atoms with Crippen LogP contribution in [0.5, 0.6) is 0 Å². The van der Waals surface area contributed by atoms with Crippen LogP contribution in [0.4, 0.5) is 5.69 Å². The van der Waals surface area contributed by atoms with E-state index in [1.807, 2.05) is 12.1 Å². The maximum atomic E-state index is 12.6. The number of rotatable bonds is 5. The molecule has 3 rings (SSSR count). The largest absolute Gasteiger partial charge is 0.399 e. The number of benzene rings is 2. The van der Waals surface area contributed by atoms with E-state index in [1.165, 1.54) is 0 Å². The molecule has 0 radical (unpaired) electrons. The Bertz CT molecular complexity index is 861. The molecule has 0 saturated carbocycles. The Labute approximate surface area is 160 Å². The standard InChI is InChI=1S/C19H24ClN3O2S/c1-23-10-8-14(9-11-23)13-22-26(24,25)19-7-4-16(12-18(19)20)15-2-5-17(21)6-3-15/h2-7,12,14,22H,8-11,13,21H2,1H3. The van der Waals surface area contributed by atoms with Gasteiger partial charge in [-0.05, 0) is 74.3 Å². The van der Waals surface area contributed by atoms with Crippen molar-refractivity contribution >= 4 is 27.3 Å². The third-order valence-electron chi connectivity index (χ3n) is 4.87. The fourth-order valence-electron chi connectivity index (χ4n) is 3.15. The van der Waals surface area contributed by atoms with Gasteiger partial charge in [-0.25, -0.2) is 13.1 Å². The zero-order valence-corrected chi connectivity index (χ0v) is 16.4. The van der Waals surface area contributed by atoms with Crippen molar-refractivity contribution in [1.29, 1.82) is 0 Å². The van der Waals surface area contributed by atoms with Gasteiger partial charge in [0.1, 0.15) is 4.90 Å². The van der Waals surface area contributed by atoms with Gasteiger partial charge in [-0.1, -0.05) is 29.8 Å². The van der Waals surface area contributed by atoms with E-state index >= 15 is 0 Å². The van der Waals surface area contributed by atoms with Crippen molar-refractivity contribution in [3.05, 3.63) is 47.5 Å². The van der Waals surface area contributed by atoms with Crippen molar-refractivity contribution in [3.63, 3.8) is 0 Å². The number of nitrogens with one attached hydrogen (secondary N) is 1. The van der Waals surface area contributed by atoms with Gasteiger partial charge in [-0.2, -0.15) is 0 Å². The minimum absolute atomic E-state index is 0.117. The Hall–Kier alpha value is -1.60. The van der Waals surface area contributed by atoms with E-state index in [1.54, 1.807) is 30.3 Å². The molecule has 1 saturated heterocycles. The second-order valence-electron chi connectivity index (χ2n) is 6.87. The molecule has 26 heavy (non-hydrogen) atoms. The number of halogens is 1. The maximum Gasteiger partial charge on any atom is 0.242 e. The number of hydrogen-bond acceptors (Lipinski definition) is 4. The van der Waals surface area contributed by atoms with Gasteiger partial charge >= 0.3 is 0 Å². The van der Waals surface area contributed by atoms with Crippen molar-refractivity contribution in [2.45, 2.75) is 17.7 Å². The molecule has 0 amide bonds. The smallest absolute Gasteiger partial charge is 0.242 e. The lowest BCUT2D eigenvalue weighted by atomic mass is 9.98. The molecule has 2 aromatic rings. The Balaban J connectivity index is 1.72. The summed E-state index contributed by atoms with van der Waals surface area (Å²) in [5.74, 6) is 0.369. The summed E-state index contributed by atoms with van der Waals surface area (Å²) >= 11 is 6.29. The quantitative estimate of drug-likeness (QED) is 0.765. The van der Waals surface area contributed by atoms with Gasteiger partial charge in [0.25, 0.3) is 0 Å². The Morgan fingerprint density at radius 2 is 1.73 bits per heavy atom. The topological polar surface area (TPSA) is 75.4 Å². The van der Waals surface area contributed by atoms with Crippen LogP contribution in [0.2, 0.25) is 5.02 Å². The Morgan fingerprint density at radius 1 is 1.12 bits per heavy atom. The Kier molecular flexibility index (Phi) is 5.87. The minimum Gasteiger partial charge on any atom is -0.399 e. The van der Waals surface area contributed by atoms with Crippen LogP contribution in [-0.2, 0) is 10.0 Å². The average molecular weight is 394 g/mol. The fourth-order valence-corrected chi connectivity index (χ4v) is 4.80. The highest BCUT2D eigenvalue weighted by atomic mass is 35.5. The lowest BCUT2D eigenvalue weighted by Gasteiger charge is -2.28. The number of nitrogens with zero attached hydrogens (tertiary/aromatic N) is 1. The molecule has 5 nitrogen and oxygen atoms in total. The molecule has 0 unspecified atom stereocenters. The van der Waals surface area contributed by atoms with E-state index in [9.17, 15) is 8.42 Å². The number of piperidine rings is 1. The summed E-state index contributed by atoms with van der Waals surface area (Å²) in [7, 11) is -1.54. The normalized spacial score (nSPS) is 16.7. The van der Waals surface area contributed by atoms with Crippen molar-refractivity contribution in [2.75, 3.05) is 32.4 Å². The van der Waals surface area contributed by atoms with E-state index in [-0.39, 0.29) is 9.92 Å². The van der Waals surface area contributed by atoms with E-state index in [2.05, 4.69) is 16.7 Å². The first-order valence-electron chi connectivity index (χ1n) is 8.69. The molecule has 1 fully saturated rings. The van der Waals surface area contributed by atoms with Crippen LogP contribution in [0, 0.1) is 5.92 Å². The third-order valence-corrected chi connectivity index (χ3v) is 6.77. The molecular formula is C19H24ClN3O2S. The van der Waals surface area contributed by atoms with Crippen molar-refractivity contribution < 1.29 is 8.42 Å². The molecule has 3 N–H and O–H groups in total. The highest BCUT2D eigenvalue weighted by molar-refractivity contribution is 7.89. The number of hydrogen-bond donors (Lipinski definition) is 2. The molecule has 2 aromatic carbocycles. The number of likely N-dealkylation sites (tertiary alicyclic amines) is 1. The van der Waals surface area contributed by atoms with Gasteiger partial charge in [-0.3, -0.25) is 0 Å². The Morgan fingerprint density at radius 3 is 2.35 bits per heavy atom. The van der Waals surface area contributed by atoms with Gasteiger partial charge in [0.15, 0.2) is 0 Å². The molecule has 0 aromatic heterocycles. The van der Waals surface area contributed by atoms with Crippen molar-refractivity contribution in [2.24, 2.45) is 5.92 Å². The van der Waals surface area contributed by atoms with Crippen molar-refractivity contribution in [1.82, 2.24) is 9.62 Å². The van der Waals surface area contributed by atoms with E-state index < -0.39 is 10.0 Å². The first-order chi connectivity index (χ1) is 12.3. The minimum atomic E-state index is -3.63. The zero-order valence-electron chi connectivity index (χ0n) is 14.8. The number of sulfonamides is 1. The first-order valence-corrected chi connectivity index (χ1v) is 10.5. The molecule has 0 atom stereocenters. The number of anilines is 1. The van der Waals surface area contributed by atoms with Crippen LogP contribution in [-0.4, -0.2) is 40.0 Å². The van der Waals surface area contributed by atoms with E-state index in [4.69, 9.17) is 17.3 Å². The third kappa shape index (κ3) is 4.57. The monoisotopic (exact) mass is 393 g/mol. The van der Waals surface area contributed by atoms with E-state index in [0.717, 1.165) is 37.1 Å². The predicted octanol–water partition coefficient (Wildman–Crippen LogP) is 3.21. The summed E-state index contributed by atoms with van der Waals surface area (Å²) in [6.07, 6.45) is 2.01. The molecule has 7 heteroatoms. The molecular weight excluding hydrogens is 370 g/mol. The van der Waals surface area contributed by atoms with Gasteiger partial charge in [0.2, 0.25) is 10.0 Å². The predicted molar refractivity (Wildman–Crippen MR) is 107 cm³/mol. The second kappa shape index (κ2) is 7.96. The highest BCUT2D eigenvalue weighted by Gasteiger charge is 2.22. The summed E-state index contributed by atoms with van der Waals surface area (Å²) in [6.45, 7) is 2.46. The van der Waals surface area contributed by atoms with Gasteiger partial charge in [0.05, 0.1) is 5.02 Å². The first kappa shape index (κ1) is 19.2. The summed E-state index contributed by atoms with van der Waals surface area (Å²) in [5, 5.41) is 0.218. The zero-order chi connectivity index (χ0) is 18.7. The van der Waals surface area contributed by atoms with Crippen LogP contribution in [0.25, 0.3) is 11.1 Å². The summed E-state index contributed by atoms with van der Waals surface area (Å²) in [5.41, 5.74) is 8.17. The van der Waals surface area contributed by atoms with Crippen LogP contribution in [0.1, 0.15) is 12.8 Å². The van der Waals surface area contributed by atoms with Crippen LogP contribution < -0.4 is 10.5 Å². The van der Waals surface area contributed by atoms with Crippen molar-refractivity contribution in [3.8, 4) is 11.1 Å². The fraction of sp³-hybridized carbons (Fsp3) is 0.368. The summed E-state index contributed by atoms with van der Waals surface area (Å²) in [4.78, 5) is 2.38.